The van der Waals surface area contributed by atoms with E-state index in [0.29, 0.717) is 0 Å². The number of nitrogens with zero attached hydrogens (tertiary/aromatic N) is 2. The van der Waals surface area contributed by atoms with E-state index < -0.39 is 52.0 Å². The van der Waals surface area contributed by atoms with Crippen molar-refractivity contribution in [3.63, 3.8) is 0 Å². The monoisotopic (exact) mass is 605 g/mol. The largest absolute Gasteiger partial charge is 0.573 e. The van der Waals surface area contributed by atoms with Gasteiger partial charge >= 0.3 is 12.5 Å². The SMILES string of the molecule is CC(C)(C)OC(=O)N1CC(NS(=O)(=O)c2ccc(OC(F)(F)F)cc2)C(O)C(n2c3ccccc3c3ccccc32)C1. The maximum atomic E-state index is 13.3. The normalized spacial score (nSPS) is 20.2. The Balaban J connectivity index is 1.52. The second-order valence-corrected chi connectivity index (χ2v) is 12.8. The Morgan fingerprint density at radius 3 is 1.98 bits per heavy atom. The predicted octanol–water partition coefficient (Wildman–Crippen LogP) is 5.19. The lowest BCUT2D eigenvalue weighted by Gasteiger charge is -2.42. The quantitative estimate of drug-likeness (QED) is 0.324. The third-order valence-electron chi connectivity index (χ3n) is 6.91. The van der Waals surface area contributed by atoms with Crippen LogP contribution in [-0.4, -0.2) is 66.3 Å². The van der Waals surface area contributed by atoms with Crippen molar-refractivity contribution in [2.75, 3.05) is 13.1 Å². The van der Waals surface area contributed by atoms with Gasteiger partial charge in [0, 0.05) is 34.9 Å². The molecule has 42 heavy (non-hydrogen) atoms. The van der Waals surface area contributed by atoms with Crippen LogP contribution in [-0.2, 0) is 14.8 Å². The van der Waals surface area contributed by atoms with Crippen molar-refractivity contribution in [1.29, 1.82) is 0 Å². The minimum absolute atomic E-state index is 0.0282. The zero-order valence-corrected chi connectivity index (χ0v) is 23.8. The first-order valence-electron chi connectivity index (χ1n) is 13.1. The number of benzene rings is 3. The lowest BCUT2D eigenvalue weighted by molar-refractivity contribution is -0.274. The maximum Gasteiger partial charge on any atom is 0.573 e. The summed E-state index contributed by atoms with van der Waals surface area (Å²) in [6.07, 6.45) is -6.92. The average Bonchev–Trinajstić information content (AvgIpc) is 3.22. The molecule has 9 nitrogen and oxygen atoms in total. The molecule has 0 bridgehead atoms. The Hall–Kier alpha value is -3.81. The van der Waals surface area contributed by atoms with E-state index in [9.17, 15) is 31.5 Å². The Bertz CT molecular complexity index is 1660. The molecule has 2 N–H and O–H groups in total. The molecule has 1 saturated heterocycles. The molecule has 13 heteroatoms. The number of hydrogen-bond acceptors (Lipinski definition) is 6. The number of piperidine rings is 1. The van der Waals surface area contributed by atoms with Crippen molar-refractivity contribution in [3.8, 4) is 5.75 Å². The van der Waals surface area contributed by atoms with Crippen LogP contribution in [0.15, 0.2) is 77.7 Å². The second kappa shape index (κ2) is 10.8. The first kappa shape index (κ1) is 29.7. The van der Waals surface area contributed by atoms with Crippen LogP contribution in [0.4, 0.5) is 18.0 Å². The lowest BCUT2D eigenvalue weighted by atomic mass is 9.97. The van der Waals surface area contributed by atoms with Gasteiger partial charge in [-0.1, -0.05) is 36.4 Å². The summed E-state index contributed by atoms with van der Waals surface area (Å²) < 4.78 is 78.1. The molecule has 224 valence electrons. The molecule has 3 unspecified atom stereocenters. The highest BCUT2D eigenvalue weighted by atomic mass is 32.2. The van der Waals surface area contributed by atoms with E-state index in [4.69, 9.17) is 4.74 Å². The van der Waals surface area contributed by atoms with Crippen molar-refractivity contribution >= 4 is 37.9 Å². The van der Waals surface area contributed by atoms with Gasteiger partial charge in [0.2, 0.25) is 10.0 Å². The smallest absolute Gasteiger partial charge is 0.444 e. The van der Waals surface area contributed by atoms with Crippen molar-refractivity contribution in [2.45, 2.75) is 55.8 Å². The number of hydrogen-bond donors (Lipinski definition) is 2. The summed E-state index contributed by atoms with van der Waals surface area (Å²) in [5, 5.41) is 13.5. The number of nitrogens with one attached hydrogen (secondary N) is 1. The van der Waals surface area contributed by atoms with Crippen LogP contribution >= 0.6 is 0 Å². The minimum Gasteiger partial charge on any atom is -0.444 e. The Kier molecular flexibility index (Phi) is 7.62. The van der Waals surface area contributed by atoms with Gasteiger partial charge in [0.05, 0.1) is 23.1 Å². The molecular weight excluding hydrogens is 575 g/mol. The van der Waals surface area contributed by atoms with Gasteiger partial charge in [-0.05, 0) is 57.2 Å². The minimum atomic E-state index is -4.93. The van der Waals surface area contributed by atoms with Crippen LogP contribution in [0, 0.1) is 0 Å². The van der Waals surface area contributed by atoms with E-state index in [1.165, 1.54) is 4.90 Å². The average molecular weight is 606 g/mol. The topological polar surface area (TPSA) is 110 Å². The molecule has 4 aromatic rings. The molecule has 0 radical (unpaired) electrons. The number of carbonyl (C=O) groups is 1. The van der Waals surface area contributed by atoms with Gasteiger partial charge in [-0.3, -0.25) is 0 Å². The number of aliphatic hydroxyl groups is 1. The molecule has 5 rings (SSSR count). The van der Waals surface area contributed by atoms with Gasteiger partial charge in [0.15, 0.2) is 0 Å². The van der Waals surface area contributed by atoms with Crippen molar-refractivity contribution in [2.24, 2.45) is 0 Å². The number of likely N-dealkylation sites (tertiary alicyclic amines) is 1. The summed E-state index contributed by atoms with van der Waals surface area (Å²) in [6.45, 7) is 4.94. The highest BCUT2D eigenvalue weighted by Gasteiger charge is 2.42. The number of alkyl halides is 3. The molecular formula is C29H30F3N3O6S. The van der Waals surface area contributed by atoms with Gasteiger partial charge in [0.1, 0.15) is 11.4 Å². The Morgan fingerprint density at radius 2 is 1.45 bits per heavy atom. The molecule has 3 aromatic carbocycles. The van der Waals surface area contributed by atoms with Crippen molar-refractivity contribution < 1.29 is 41.0 Å². The summed E-state index contributed by atoms with van der Waals surface area (Å²) >= 11 is 0. The van der Waals surface area contributed by atoms with Gasteiger partial charge in [-0.2, -0.15) is 0 Å². The van der Waals surface area contributed by atoms with E-state index in [1.54, 1.807) is 20.8 Å². The summed E-state index contributed by atoms with van der Waals surface area (Å²) in [5.41, 5.74) is 0.747. The van der Waals surface area contributed by atoms with Crippen LogP contribution < -0.4 is 9.46 Å². The number of aliphatic hydroxyl groups excluding tert-OH is 1. The standard InChI is InChI=1S/C29H30F3N3O6S/c1-28(2,3)41-27(37)34-16-22(33-42(38,39)19-14-12-18(13-15-19)40-29(30,31)32)26(36)25(17-34)35-23-10-6-4-8-20(23)21-9-5-7-11-24(21)35/h4-15,22,25-26,33,36H,16-17H2,1-3H3. The molecule has 1 aliphatic heterocycles. The molecule has 0 saturated carbocycles. The van der Waals surface area contributed by atoms with Gasteiger partial charge in [0.25, 0.3) is 0 Å². The summed E-state index contributed by atoms with van der Waals surface area (Å²) in [6, 6.07) is 16.9. The molecule has 2 heterocycles. The highest BCUT2D eigenvalue weighted by Crippen LogP contribution is 2.36. The molecule has 0 aliphatic carbocycles. The molecule has 1 amide bonds. The van der Waals surface area contributed by atoms with Crippen LogP contribution in [0.25, 0.3) is 21.8 Å². The fraction of sp³-hybridized carbons (Fsp3) is 0.345. The van der Waals surface area contributed by atoms with E-state index in [2.05, 4.69) is 9.46 Å². The molecule has 0 spiro atoms. The lowest BCUT2D eigenvalue weighted by Crippen LogP contribution is -2.60. The van der Waals surface area contributed by atoms with E-state index in [0.717, 1.165) is 46.1 Å². The molecule has 1 aliphatic rings. The summed E-state index contributed by atoms with van der Waals surface area (Å²) in [4.78, 5) is 14.2. The van der Waals surface area contributed by atoms with Crippen LogP contribution in [0.1, 0.15) is 26.8 Å². The maximum absolute atomic E-state index is 13.3. The number of sulfonamides is 1. The Morgan fingerprint density at radius 1 is 0.905 bits per heavy atom. The number of rotatable bonds is 5. The van der Waals surface area contributed by atoms with Crippen LogP contribution in [0.2, 0.25) is 0 Å². The van der Waals surface area contributed by atoms with Crippen LogP contribution in [0.3, 0.4) is 0 Å². The molecule has 1 aromatic heterocycles. The first-order chi connectivity index (χ1) is 19.6. The number of ether oxygens (including phenoxy) is 2. The van der Waals surface area contributed by atoms with Gasteiger partial charge < -0.3 is 24.0 Å². The second-order valence-electron chi connectivity index (χ2n) is 11.1. The van der Waals surface area contributed by atoms with E-state index in [-0.39, 0.29) is 18.0 Å². The first-order valence-corrected chi connectivity index (χ1v) is 14.6. The zero-order chi connectivity index (χ0) is 30.4. The van der Waals surface area contributed by atoms with Crippen molar-refractivity contribution in [3.05, 3.63) is 72.8 Å². The third kappa shape index (κ3) is 6.18. The summed E-state index contributed by atoms with van der Waals surface area (Å²) in [7, 11) is -4.35. The van der Waals surface area contributed by atoms with Crippen LogP contribution in [0.5, 0.6) is 5.75 Å². The molecule has 3 atom stereocenters. The number of aromatic nitrogens is 1. The van der Waals surface area contributed by atoms with Gasteiger partial charge in [-0.15, -0.1) is 13.2 Å². The number of para-hydroxylation sites is 2. The predicted molar refractivity (Wildman–Crippen MR) is 150 cm³/mol. The van der Waals surface area contributed by atoms with Gasteiger partial charge in [-0.25, -0.2) is 17.9 Å². The third-order valence-corrected chi connectivity index (χ3v) is 8.41. The number of fused-ring (bicyclic) bond motifs is 3. The Labute approximate surface area is 240 Å². The van der Waals surface area contributed by atoms with E-state index >= 15 is 0 Å². The molecule has 1 fully saturated rings. The fourth-order valence-corrected chi connectivity index (χ4v) is 6.48. The number of amides is 1. The number of carbonyl (C=O) groups excluding carboxylic acids is 1. The highest BCUT2D eigenvalue weighted by molar-refractivity contribution is 7.89. The fourth-order valence-electron chi connectivity index (χ4n) is 5.24. The number of halogens is 3. The van der Waals surface area contributed by atoms with Crippen molar-refractivity contribution in [1.82, 2.24) is 14.2 Å². The van der Waals surface area contributed by atoms with E-state index in [1.807, 2.05) is 53.1 Å². The zero-order valence-electron chi connectivity index (χ0n) is 23.0. The summed E-state index contributed by atoms with van der Waals surface area (Å²) in [5.74, 6) is -0.582.